The SMILES string of the molecule is CCCCCOC(CCC(C)C)C1C=C(OC)c2c(OC)ccc(OC)c2C1(C=O)OC. The van der Waals surface area contributed by atoms with Crippen LogP contribution < -0.4 is 9.47 Å². The zero-order valence-electron chi connectivity index (χ0n) is 20.7. The highest BCUT2D eigenvalue weighted by Gasteiger charge is 2.51. The van der Waals surface area contributed by atoms with E-state index in [9.17, 15) is 4.79 Å². The Morgan fingerprint density at radius 2 is 1.69 bits per heavy atom. The molecule has 0 aromatic heterocycles. The minimum atomic E-state index is -1.29. The smallest absolute Gasteiger partial charge is 0.161 e. The molecule has 0 amide bonds. The quantitative estimate of drug-likeness (QED) is 0.281. The van der Waals surface area contributed by atoms with Gasteiger partial charge in [0, 0.05) is 25.2 Å². The maximum atomic E-state index is 12.8. The second-order valence-corrected chi connectivity index (χ2v) is 8.68. The van der Waals surface area contributed by atoms with E-state index in [2.05, 4.69) is 20.8 Å². The second kappa shape index (κ2) is 12.3. The molecular formula is C26H40O6. The number of methoxy groups -OCH3 is 4. The molecule has 0 bridgehead atoms. The van der Waals surface area contributed by atoms with E-state index in [0.29, 0.717) is 40.9 Å². The molecule has 180 valence electrons. The maximum Gasteiger partial charge on any atom is 0.161 e. The molecule has 1 aliphatic carbocycles. The van der Waals surface area contributed by atoms with Crippen LogP contribution in [0.15, 0.2) is 18.2 Å². The molecule has 1 aromatic rings. The lowest BCUT2D eigenvalue weighted by atomic mass is 9.71. The van der Waals surface area contributed by atoms with E-state index in [-0.39, 0.29) is 12.0 Å². The first-order chi connectivity index (χ1) is 15.4. The van der Waals surface area contributed by atoms with Crippen LogP contribution in [0.4, 0.5) is 0 Å². The predicted molar refractivity (Wildman–Crippen MR) is 126 cm³/mol. The van der Waals surface area contributed by atoms with Crippen molar-refractivity contribution < 1.29 is 28.5 Å². The minimum absolute atomic E-state index is 0.214. The number of hydrogen-bond donors (Lipinski definition) is 0. The van der Waals surface area contributed by atoms with E-state index in [1.165, 1.54) is 0 Å². The molecule has 0 aliphatic heterocycles. The zero-order chi connectivity index (χ0) is 23.7. The van der Waals surface area contributed by atoms with E-state index < -0.39 is 5.60 Å². The molecule has 0 spiro atoms. The van der Waals surface area contributed by atoms with E-state index in [1.807, 2.05) is 12.1 Å². The second-order valence-electron chi connectivity index (χ2n) is 8.68. The molecule has 32 heavy (non-hydrogen) atoms. The fourth-order valence-electron chi connectivity index (χ4n) is 4.50. The van der Waals surface area contributed by atoms with Crippen LogP contribution in [0.5, 0.6) is 11.5 Å². The fourth-order valence-corrected chi connectivity index (χ4v) is 4.50. The first-order valence-corrected chi connectivity index (χ1v) is 11.6. The van der Waals surface area contributed by atoms with E-state index >= 15 is 0 Å². The normalized spacial score (nSPS) is 21.0. The Kier molecular flexibility index (Phi) is 10.0. The highest BCUT2D eigenvalue weighted by molar-refractivity contribution is 5.83. The highest BCUT2D eigenvalue weighted by atomic mass is 16.5. The number of carbonyl (C=O) groups excluding carboxylic acids is 1. The molecule has 3 unspecified atom stereocenters. The van der Waals surface area contributed by atoms with Crippen molar-refractivity contribution in [2.24, 2.45) is 11.8 Å². The average molecular weight is 449 g/mol. The summed E-state index contributed by atoms with van der Waals surface area (Å²) in [6, 6.07) is 3.61. The van der Waals surface area contributed by atoms with Crippen LogP contribution in [0.3, 0.4) is 0 Å². The van der Waals surface area contributed by atoms with Crippen LogP contribution in [-0.4, -0.2) is 47.4 Å². The Morgan fingerprint density at radius 3 is 2.22 bits per heavy atom. The Labute approximate surface area is 193 Å². The number of unbranched alkanes of at least 4 members (excludes halogenated alkanes) is 2. The van der Waals surface area contributed by atoms with Gasteiger partial charge in [-0.2, -0.15) is 0 Å². The molecule has 0 saturated heterocycles. The number of ether oxygens (including phenoxy) is 5. The molecule has 0 saturated carbocycles. The summed E-state index contributed by atoms with van der Waals surface area (Å²) in [7, 11) is 6.37. The van der Waals surface area contributed by atoms with Crippen molar-refractivity contribution in [1.82, 2.24) is 0 Å². The average Bonchev–Trinajstić information content (AvgIpc) is 2.81. The number of aldehydes is 1. The maximum absolute atomic E-state index is 12.8. The van der Waals surface area contributed by atoms with Crippen molar-refractivity contribution in [1.29, 1.82) is 0 Å². The van der Waals surface area contributed by atoms with Gasteiger partial charge in [-0.3, -0.25) is 4.79 Å². The van der Waals surface area contributed by atoms with Gasteiger partial charge in [-0.05, 0) is 43.4 Å². The molecule has 0 fully saturated rings. The number of fused-ring (bicyclic) bond motifs is 1. The van der Waals surface area contributed by atoms with Gasteiger partial charge in [-0.1, -0.05) is 33.6 Å². The first kappa shape index (κ1) is 26.2. The standard InChI is InChI=1S/C26H40O6/c1-8-9-10-15-32-20(12-11-18(2)3)19-16-23(30-6)24-21(28-4)13-14-22(29-5)25(24)26(19,17-27)31-7/h13-14,16-20H,8-12,15H2,1-7H3. The van der Waals surface area contributed by atoms with Crippen molar-refractivity contribution in [3.8, 4) is 11.5 Å². The number of carbonyl (C=O) groups is 1. The van der Waals surface area contributed by atoms with Crippen LogP contribution in [0, 0.1) is 11.8 Å². The molecular weight excluding hydrogens is 408 g/mol. The molecule has 0 N–H and O–H groups in total. The van der Waals surface area contributed by atoms with Gasteiger partial charge in [0.2, 0.25) is 0 Å². The van der Waals surface area contributed by atoms with Crippen molar-refractivity contribution >= 4 is 12.0 Å². The lowest BCUT2D eigenvalue weighted by molar-refractivity contribution is -0.145. The summed E-state index contributed by atoms with van der Waals surface area (Å²) >= 11 is 0. The summed E-state index contributed by atoms with van der Waals surface area (Å²) < 4.78 is 29.5. The Morgan fingerprint density at radius 1 is 1.00 bits per heavy atom. The lowest BCUT2D eigenvalue weighted by Crippen LogP contribution is -2.47. The van der Waals surface area contributed by atoms with Gasteiger partial charge in [-0.15, -0.1) is 0 Å². The number of benzene rings is 1. The van der Waals surface area contributed by atoms with Gasteiger partial charge in [0.15, 0.2) is 11.9 Å². The highest BCUT2D eigenvalue weighted by Crippen LogP contribution is 2.51. The van der Waals surface area contributed by atoms with Gasteiger partial charge in [-0.25, -0.2) is 0 Å². The Balaban J connectivity index is 2.66. The lowest BCUT2D eigenvalue weighted by Gasteiger charge is -2.43. The largest absolute Gasteiger partial charge is 0.496 e. The molecule has 1 aliphatic rings. The van der Waals surface area contributed by atoms with Gasteiger partial charge in [0.1, 0.15) is 17.3 Å². The predicted octanol–water partition coefficient (Wildman–Crippen LogP) is 5.37. The Bertz CT molecular complexity index is 772. The number of hydrogen-bond acceptors (Lipinski definition) is 6. The summed E-state index contributed by atoms with van der Waals surface area (Å²) in [6.07, 6.45) is 7.63. The first-order valence-electron chi connectivity index (χ1n) is 11.6. The molecule has 0 heterocycles. The molecule has 3 atom stereocenters. The minimum Gasteiger partial charge on any atom is -0.496 e. The van der Waals surface area contributed by atoms with Crippen LogP contribution in [0.25, 0.3) is 5.76 Å². The number of rotatable bonds is 14. The van der Waals surface area contributed by atoms with Crippen molar-refractivity contribution in [2.45, 2.75) is 64.6 Å². The summed E-state index contributed by atoms with van der Waals surface area (Å²) in [4.78, 5) is 12.8. The fraction of sp³-hybridized carbons (Fsp3) is 0.654. The molecule has 2 rings (SSSR count). The molecule has 0 radical (unpaired) electrons. The third-order valence-corrected chi connectivity index (χ3v) is 6.27. The molecule has 1 aromatic carbocycles. The summed E-state index contributed by atoms with van der Waals surface area (Å²) in [6.45, 7) is 7.20. The molecule has 6 nitrogen and oxygen atoms in total. The van der Waals surface area contributed by atoms with Crippen molar-refractivity contribution in [3.05, 3.63) is 29.3 Å². The summed E-state index contributed by atoms with van der Waals surface area (Å²) in [5.41, 5.74) is 0.00459. The summed E-state index contributed by atoms with van der Waals surface area (Å²) in [5.74, 6) is 1.91. The summed E-state index contributed by atoms with van der Waals surface area (Å²) in [5, 5.41) is 0. The van der Waals surface area contributed by atoms with Crippen molar-refractivity contribution in [3.63, 3.8) is 0 Å². The topological polar surface area (TPSA) is 63.2 Å². The van der Waals surface area contributed by atoms with Crippen LogP contribution in [-0.2, 0) is 24.6 Å². The van der Waals surface area contributed by atoms with Gasteiger partial charge < -0.3 is 23.7 Å². The van der Waals surface area contributed by atoms with Crippen LogP contribution >= 0.6 is 0 Å². The van der Waals surface area contributed by atoms with Crippen LogP contribution in [0.2, 0.25) is 0 Å². The zero-order valence-corrected chi connectivity index (χ0v) is 20.7. The van der Waals surface area contributed by atoms with E-state index in [1.54, 1.807) is 34.5 Å². The third kappa shape index (κ3) is 5.29. The van der Waals surface area contributed by atoms with Gasteiger partial charge in [0.25, 0.3) is 0 Å². The van der Waals surface area contributed by atoms with Crippen LogP contribution in [0.1, 0.15) is 64.0 Å². The van der Waals surface area contributed by atoms with Crippen molar-refractivity contribution in [2.75, 3.05) is 35.0 Å². The van der Waals surface area contributed by atoms with Gasteiger partial charge >= 0.3 is 0 Å². The Hall–Kier alpha value is -2.05. The monoisotopic (exact) mass is 448 g/mol. The third-order valence-electron chi connectivity index (χ3n) is 6.27. The molecule has 6 heteroatoms. The van der Waals surface area contributed by atoms with E-state index in [4.69, 9.17) is 23.7 Å². The van der Waals surface area contributed by atoms with Gasteiger partial charge in [0.05, 0.1) is 33.0 Å². The van der Waals surface area contributed by atoms with E-state index in [0.717, 1.165) is 38.4 Å².